The third-order valence-electron chi connectivity index (χ3n) is 6.50. The maximum atomic E-state index is 13.4. The van der Waals surface area contributed by atoms with Gasteiger partial charge in [0.1, 0.15) is 11.5 Å². The zero-order chi connectivity index (χ0) is 25.4. The van der Waals surface area contributed by atoms with Crippen LogP contribution < -0.4 is 10.1 Å². The third-order valence-corrected chi connectivity index (χ3v) is 6.50. The Morgan fingerprint density at radius 3 is 2.84 bits per heavy atom. The van der Waals surface area contributed by atoms with Crippen LogP contribution in [0.3, 0.4) is 0 Å². The Labute approximate surface area is 211 Å². The van der Waals surface area contributed by atoms with Gasteiger partial charge in [-0.25, -0.2) is 9.78 Å². The molecule has 37 heavy (non-hydrogen) atoms. The standard InChI is InChI=1S/C29H22N2O6/c32-24(17-10-11-25-23(14-17)30-26(33)16-36-25)15-37-29(34)27-20-7-1-2-9-22(20)31-28-18(5-3-8-21(27)28)13-19-6-4-12-35-19/h1-2,4,6-7,9-14H,3,5,8,15-16H2,(H,30,33)/b18-13-. The van der Waals surface area contributed by atoms with Gasteiger partial charge in [0, 0.05) is 10.9 Å². The van der Waals surface area contributed by atoms with E-state index in [1.54, 1.807) is 18.4 Å². The molecule has 0 radical (unpaired) electrons. The second-order valence-corrected chi connectivity index (χ2v) is 8.92. The van der Waals surface area contributed by atoms with Crippen molar-refractivity contribution in [3.63, 3.8) is 0 Å². The number of Topliss-reactive ketones (excluding diaryl/α,β-unsaturated/α-hetero) is 1. The number of hydrogen-bond donors (Lipinski definition) is 1. The van der Waals surface area contributed by atoms with Crippen LogP contribution in [0, 0.1) is 0 Å². The number of esters is 1. The zero-order valence-electron chi connectivity index (χ0n) is 19.8. The Morgan fingerprint density at radius 2 is 1.97 bits per heavy atom. The monoisotopic (exact) mass is 494 g/mol. The summed E-state index contributed by atoms with van der Waals surface area (Å²) < 4.78 is 16.4. The lowest BCUT2D eigenvalue weighted by Gasteiger charge is -2.22. The van der Waals surface area contributed by atoms with E-state index in [1.165, 1.54) is 6.07 Å². The number of fused-ring (bicyclic) bond motifs is 3. The summed E-state index contributed by atoms with van der Waals surface area (Å²) in [4.78, 5) is 42.8. The Balaban J connectivity index is 1.31. The van der Waals surface area contributed by atoms with E-state index in [2.05, 4.69) is 5.32 Å². The third kappa shape index (κ3) is 4.38. The Morgan fingerprint density at radius 1 is 1.08 bits per heavy atom. The van der Waals surface area contributed by atoms with Gasteiger partial charge in [-0.2, -0.15) is 0 Å². The zero-order valence-corrected chi connectivity index (χ0v) is 19.8. The van der Waals surface area contributed by atoms with Crippen LogP contribution in [0.15, 0.2) is 65.3 Å². The predicted molar refractivity (Wildman–Crippen MR) is 136 cm³/mol. The molecule has 184 valence electrons. The topological polar surface area (TPSA) is 108 Å². The second kappa shape index (κ2) is 9.39. The molecule has 1 N–H and O–H groups in total. The number of anilines is 1. The van der Waals surface area contributed by atoms with E-state index in [0.717, 1.165) is 35.4 Å². The molecule has 1 aliphatic carbocycles. The number of benzene rings is 2. The number of para-hydroxylation sites is 1. The van der Waals surface area contributed by atoms with Crippen molar-refractivity contribution >= 4 is 45.9 Å². The largest absolute Gasteiger partial charge is 0.482 e. The quantitative estimate of drug-likeness (QED) is 0.305. The molecule has 3 heterocycles. The van der Waals surface area contributed by atoms with E-state index in [0.29, 0.717) is 39.9 Å². The molecule has 0 saturated carbocycles. The number of carbonyl (C=O) groups excluding carboxylic acids is 3. The maximum Gasteiger partial charge on any atom is 0.339 e. The number of nitrogens with one attached hydrogen (secondary N) is 1. The van der Waals surface area contributed by atoms with E-state index >= 15 is 0 Å². The van der Waals surface area contributed by atoms with Crippen LogP contribution in [0.4, 0.5) is 5.69 Å². The van der Waals surface area contributed by atoms with Gasteiger partial charge >= 0.3 is 5.97 Å². The van der Waals surface area contributed by atoms with Crippen LogP contribution in [-0.2, 0) is 16.0 Å². The number of hydrogen-bond acceptors (Lipinski definition) is 7. The van der Waals surface area contributed by atoms with Gasteiger partial charge in [0.05, 0.1) is 28.7 Å². The molecule has 6 rings (SSSR count). The second-order valence-electron chi connectivity index (χ2n) is 8.92. The van der Waals surface area contributed by atoms with Gasteiger partial charge in [0.25, 0.3) is 5.91 Å². The smallest absolute Gasteiger partial charge is 0.339 e. The minimum absolute atomic E-state index is 0.0689. The molecule has 0 atom stereocenters. The number of allylic oxidation sites excluding steroid dienone is 1. The van der Waals surface area contributed by atoms with Crippen molar-refractivity contribution in [1.82, 2.24) is 4.98 Å². The molecule has 4 aromatic rings. The average Bonchev–Trinajstić information content (AvgIpc) is 3.43. The molecule has 0 unspecified atom stereocenters. The molecule has 1 amide bonds. The van der Waals surface area contributed by atoms with Gasteiger partial charge in [0.2, 0.25) is 0 Å². The normalized spacial score (nSPS) is 15.5. The first-order chi connectivity index (χ1) is 18.1. The highest BCUT2D eigenvalue weighted by atomic mass is 16.5. The summed E-state index contributed by atoms with van der Waals surface area (Å²) in [7, 11) is 0. The molecule has 1 aliphatic heterocycles. The number of furan rings is 1. The molecule has 2 aromatic carbocycles. The number of carbonyl (C=O) groups is 3. The molecule has 0 saturated heterocycles. The lowest BCUT2D eigenvalue weighted by atomic mass is 9.86. The molecule has 2 aromatic heterocycles. The summed E-state index contributed by atoms with van der Waals surface area (Å²) >= 11 is 0. The van der Waals surface area contributed by atoms with Crippen molar-refractivity contribution < 1.29 is 28.3 Å². The first kappa shape index (κ1) is 22.7. The highest BCUT2D eigenvalue weighted by Gasteiger charge is 2.27. The fourth-order valence-electron chi connectivity index (χ4n) is 4.80. The Hall–Kier alpha value is -4.72. The summed E-state index contributed by atoms with van der Waals surface area (Å²) in [5.41, 5.74) is 4.40. The number of rotatable bonds is 5. The van der Waals surface area contributed by atoms with E-state index < -0.39 is 12.6 Å². The Bertz CT molecular complexity index is 1590. The predicted octanol–water partition coefficient (Wildman–Crippen LogP) is 5.08. The fourth-order valence-corrected chi connectivity index (χ4v) is 4.80. The number of pyridine rings is 1. The van der Waals surface area contributed by atoms with Gasteiger partial charge in [-0.3, -0.25) is 9.59 Å². The minimum atomic E-state index is -0.572. The summed E-state index contributed by atoms with van der Waals surface area (Å²) in [5.74, 6) is -0.0439. The van der Waals surface area contributed by atoms with E-state index in [1.807, 2.05) is 42.5 Å². The number of nitrogens with zero attached hydrogens (tertiary/aromatic N) is 1. The lowest BCUT2D eigenvalue weighted by Crippen LogP contribution is -2.25. The Kier molecular flexibility index (Phi) is 5.76. The van der Waals surface area contributed by atoms with Gasteiger partial charge in [0.15, 0.2) is 19.0 Å². The SMILES string of the molecule is O=C1COc2ccc(C(=O)COC(=O)c3c4c(nc5ccccc35)/C(=C\c3ccco3)CCC4)cc2N1. The van der Waals surface area contributed by atoms with Crippen molar-refractivity contribution in [2.24, 2.45) is 0 Å². The maximum absolute atomic E-state index is 13.4. The van der Waals surface area contributed by atoms with Crippen LogP contribution >= 0.6 is 0 Å². The van der Waals surface area contributed by atoms with E-state index in [4.69, 9.17) is 18.9 Å². The van der Waals surface area contributed by atoms with Crippen molar-refractivity contribution in [1.29, 1.82) is 0 Å². The first-order valence-electron chi connectivity index (χ1n) is 12.0. The summed E-state index contributed by atoms with van der Waals surface area (Å²) in [6.45, 7) is -0.506. The molecular weight excluding hydrogens is 472 g/mol. The lowest BCUT2D eigenvalue weighted by molar-refractivity contribution is -0.118. The van der Waals surface area contributed by atoms with Crippen molar-refractivity contribution in [3.05, 3.63) is 89.0 Å². The summed E-state index contributed by atoms with van der Waals surface area (Å²) in [5, 5.41) is 3.36. The highest BCUT2D eigenvalue weighted by Crippen LogP contribution is 2.36. The van der Waals surface area contributed by atoms with Crippen LogP contribution in [0.25, 0.3) is 22.6 Å². The first-order valence-corrected chi connectivity index (χ1v) is 12.0. The van der Waals surface area contributed by atoms with Crippen molar-refractivity contribution in [2.75, 3.05) is 18.5 Å². The summed E-state index contributed by atoms with van der Waals surface area (Å²) in [6, 6.07) is 15.9. The van der Waals surface area contributed by atoms with Gasteiger partial charge in [-0.05, 0) is 72.9 Å². The van der Waals surface area contributed by atoms with Crippen LogP contribution in [-0.4, -0.2) is 35.9 Å². The number of ketones is 1. The van der Waals surface area contributed by atoms with Gasteiger partial charge < -0.3 is 19.2 Å². The average molecular weight is 495 g/mol. The minimum Gasteiger partial charge on any atom is -0.482 e. The van der Waals surface area contributed by atoms with Crippen LogP contribution in [0.2, 0.25) is 0 Å². The summed E-state index contributed by atoms with van der Waals surface area (Å²) in [6.07, 6.45) is 5.90. The van der Waals surface area contributed by atoms with Gasteiger partial charge in [-0.1, -0.05) is 18.2 Å². The number of amides is 1. The van der Waals surface area contributed by atoms with E-state index in [9.17, 15) is 14.4 Å². The fraction of sp³-hybridized carbons (Fsp3) is 0.172. The molecule has 0 bridgehead atoms. The van der Waals surface area contributed by atoms with Crippen molar-refractivity contribution in [2.45, 2.75) is 19.3 Å². The molecule has 0 fully saturated rings. The van der Waals surface area contributed by atoms with E-state index in [-0.39, 0.29) is 18.3 Å². The molecule has 2 aliphatic rings. The number of ether oxygens (including phenoxy) is 2. The highest BCUT2D eigenvalue weighted by molar-refractivity contribution is 6.08. The number of aromatic nitrogens is 1. The molecule has 8 nitrogen and oxygen atoms in total. The van der Waals surface area contributed by atoms with Gasteiger partial charge in [-0.15, -0.1) is 0 Å². The molecule has 8 heteroatoms. The van der Waals surface area contributed by atoms with Crippen molar-refractivity contribution in [3.8, 4) is 5.75 Å². The van der Waals surface area contributed by atoms with Crippen LogP contribution in [0.1, 0.15) is 50.6 Å². The molecule has 0 spiro atoms. The molecular formula is C29H22N2O6. The van der Waals surface area contributed by atoms with Crippen LogP contribution in [0.5, 0.6) is 5.75 Å².